The van der Waals surface area contributed by atoms with Crippen LogP contribution in [0, 0.1) is 5.92 Å². The minimum absolute atomic E-state index is 0.0479. The third-order valence-electron chi connectivity index (χ3n) is 4.13. The first-order valence-corrected chi connectivity index (χ1v) is 9.66. The molecule has 1 heterocycles. The van der Waals surface area contributed by atoms with Gasteiger partial charge in [-0.1, -0.05) is 6.92 Å². The van der Waals surface area contributed by atoms with Crippen LogP contribution in [-0.2, 0) is 9.59 Å². The quantitative estimate of drug-likeness (QED) is 0.727. The Kier molecular flexibility index (Phi) is 7.31. The van der Waals surface area contributed by atoms with Crippen molar-refractivity contribution in [3.05, 3.63) is 29.8 Å². The van der Waals surface area contributed by atoms with Gasteiger partial charge in [0.25, 0.3) is 5.91 Å². The smallest absolute Gasteiger partial charge is 0.306 e. The first-order valence-electron chi connectivity index (χ1n) is 8.51. The maximum Gasteiger partial charge on any atom is 0.306 e. The van der Waals surface area contributed by atoms with Crippen LogP contribution in [0.25, 0.3) is 0 Å². The average molecular weight is 364 g/mol. The number of carbonyl (C=O) groups excluding carboxylic acids is 2. The van der Waals surface area contributed by atoms with Gasteiger partial charge in [0.15, 0.2) is 0 Å². The van der Waals surface area contributed by atoms with Crippen LogP contribution < -0.4 is 5.32 Å². The Labute approximate surface area is 152 Å². The number of thioether (sulfide) groups is 1. The van der Waals surface area contributed by atoms with Crippen LogP contribution in [-0.4, -0.2) is 52.4 Å². The normalized spacial score (nSPS) is 15.0. The molecule has 0 saturated carbocycles. The highest BCUT2D eigenvalue weighted by atomic mass is 32.2. The second-order valence-electron chi connectivity index (χ2n) is 6.08. The fourth-order valence-corrected chi connectivity index (χ4v) is 3.41. The molecule has 0 bridgehead atoms. The standard InChI is InChI=1S/C18H24N2O4S/c1-2-11-25-12-16(21)19-15-5-3-13(4-6-15)17(22)20-9-7-14(8-10-20)18(23)24/h3-6,14H,2,7-12H2,1H3,(H,19,21)(H,23,24). The lowest BCUT2D eigenvalue weighted by molar-refractivity contribution is -0.143. The molecule has 7 heteroatoms. The minimum Gasteiger partial charge on any atom is -0.481 e. The van der Waals surface area contributed by atoms with Gasteiger partial charge in [-0.25, -0.2) is 0 Å². The fraction of sp³-hybridized carbons (Fsp3) is 0.500. The van der Waals surface area contributed by atoms with Gasteiger partial charge >= 0.3 is 5.97 Å². The van der Waals surface area contributed by atoms with E-state index in [1.807, 2.05) is 0 Å². The minimum atomic E-state index is -0.788. The molecule has 1 aliphatic heterocycles. The molecule has 2 amide bonds. The molecule has 0 spiro atoms. The fourth-order valence-electron chi connectivity index (χ4n) is 2.71. The maximum atomic E-state index is 12.5. The van der Waals surface area contributed by atoms with E-state index in [2.05, 4.69) is 12.2 Å². The molecule has 1 aromatic rings. The van der Waals surface area contributed by atoms with Gasteiger partial charge in [0.1, 0.15) is 0 Å². The lowest BCUT2D eigenvalue weighted by Gasteiger charge is -2.30. The number of carbonyl (C=O) groups is 3. The summed E-state index contributed by atoms with van der Waals surface area (Å²) >= 11 is 1.59. The van der Waals surface area contributed by atoms with Crippen molar-refractivity contribution in [3.63, 3.8) is 0 Å². The number of anilines is 1. The van der Waals surface area contributed by atoms with Gasteiger partial charge in [-0.3, -0.25) is 14.4 Å². The lowest BCUT2D eigenvalue weighted by Crippen LogP contribution is -2.40. The number of carboxylic acids is 1. The zero-order valence-electron chi connectivity index (χ0n) is 14.4. The Morgan fingerprint density at radius 3 is 2.40 bits per heavy atom. The van der Waals surface area contributed by atoms with E-state index in [0.29, 0.717) is 42.9 Å². The average Bonchev–Trinajstić information content (AvgIpc) is 2.62. The monoisotopic (exact) mass is 364 g/mol. The summed E-state index contributed by atoms with van der Waals surface area (Å²) in [5, 5.41) is 11.8. The number of carboxylic acid groups (broad SMARTS) is 1. The summed E-state index contributed by atoms with van der Waals surface area (Å²) in [7, 11) is 0. The van der Waals surface area contributed by atoms with Crippen LogP contribution in [0.1, 0.15) is 36.5 Å². The summed E-state index contributed by atoms with van der Waals surface area (Å²) in [6.45, 7) is 3.00. The van der Waals surface area contributed by atoms with Crippen molar-refractivity contribution in [1.29, 1.82) is 0 Å². The summed E-state index contributed by atoms with van der Waals surface area (Å²) in [5.41, 5.74) is 1.22. The molecule has 136 valence electrons. The van der Waals surface area contributed by atoms with E-state index >= 15 is 0 Å². The summed E-state index contributed by atoms with van der Waals surface area (Å²) in [4.78, 5) is 36.9. The number of nitrogens with zero attached hydrogens (tertiary/aromatic N) is 1. The third-order valence-corrected chi connectivity index (χ3v) is 5.29. The SMILES string of the molecule is CCCSCC(=O)Nc1ccc(C(=O)N2CCC(C(=O)O)CC2)cc1. The topological polar surface area (TPSA) is 86.7 Å². The van der Waals surface area contributed by atoms with Gasteiger partial charge < -0.3 is 15.3 Å². The molecule has 2 rings (SSSR count). The molecular weight excluding hydrogens is 340 g/mol. The zero-order chi connectivity index (χ0) is 18.2. The van der Waals surface area contributed by atoms with E-state index in [4.69, 9.17) is 5.11 Å². The summed E-state index contributed by atoms with van der Waals surface area (Å²) in [5.74, 6) is 0.0944. The van der Waals surface area contributed by atoms with E-state index in [-0.39, 0.29) is 17.7 Å². The van der Waals surface area contributed by atoms with Crippen molar-refractivity contribution in [2.75, 3.05) is 29.9 Å². The van der Waals surface area contributed by atoms with Crippen LogP contribution in [0.4, 0.5) is 5.69 Å². The predicted molar refractivity (Wildman–Crippen MR) is 99.0 cm³/mol. The molecule has 25 heavy (non-hydrogen) atoms. The Bertz CT molecular complexity index is 610. The van der Waals surface area contributed by atoms with Crippen molar-refractivity contribution in [3.8, 4) is 0 Å². The molecule has 1 fully saturated rings. The second-order valence-corrected chi connectivity index (χ2v) is 7.19. The number of likely N-dealkylation sites (tertiary alicyclic amines) is 1. The van der Waals surface area contributed by atoms with Gasteiger partial charge in [0.2, 0.25) is 5.91 Å². The predicted octanol–water partition coefficient (Wildman–Crippen LogP) is 2.71. The Balaban J connectivity index is 1.86. The van der Waals surface area contributed by atoms with E-state index in [9.17, 15) is 14.4 Å². The largest absolute Gasteiger partial charge is 0.481 e. The number of hydrogen-bond acceptors (Lipinski definition) is 4. The van der Waals surface area contributed by atoms with Crippen LogP contribution in [0.3, 0.4) is 0 Å². The Hall–Kier alpha value is -2.02. The molecule has 1 saturated heterocycles. The number of amides is 2. The Morgan fingerprint density at radius 1 is 1.20 bits per heavy atom. The second kappa shape index (κ2) is 9.46. The van der Waals surface area contributed by atoms with Gasteiger partial charge in [-0.2, -0.15) is 11.8 Å². The van der Waals surface area contributed by atoms with Crippen molar-refractivity contribution < 1.29 is 19.5 Å². The zero-order valence-corrected chi connectivity index (χ0v) is 15.2. The first-order chi connectivity index (χ1) is 12.0. The van der Waals surface area contributed by atoms with Crippen molar-refractivity contribution in [2.24, 2.45) is 5.92 Å². The number of aliphatic carboxylic acids is 1. The number of nitrogens with one attached hydrogen (secondary N) is 1. The highest BCUT2D eigenvalue weighted by molar-refractivity contribution is 7.99. The summed E-state index contributed by atoms with van der Waals surface area (Å²) < 4.78 is 0. The summed E-state index contributed by atoms with van der Waals surface area (Å²) in [6, 6.07) is 6.83. The van der Waals surface area contributed by atoms with Gasteiger partial charge in [0.05, 0.1) is 11.7 Å². The van der Waals surface area contributed by atoms with E-state index < -0.39 is 5.97 Å². The molecular formula is C18H24N2O4S. The van der Waals surface area contributed by atoms with Crippen LogP contribution >= 0.6 is 11.8 Å². The maximum absolute atomic E-state index is 12.5. The molecule has 6 nitrogen and oxygen atoms in total. The molecule has 1 aliphatic rings. The number of rotatable bonds is 7. The lowest BCUT2D eigenvalue weighted by atomic mass is 9.96. The van der Waals surface area contributed by atoms with Gasteiger partial charge in [-0.05, 0) is 49.3 Å². The molecule has 0 aliphatic carbocycles. The van der Waals surface area contributed by atoms with E-state index in [1.54, 1.807) is 40.9 Å². The first kappa shape index (κ1) is 19.3. The van der Waals surface area contributed by atoms with E-state index in [0.717, 1.165) is 12.2 Å². The van der Waals surface area contributed by atoms with Crippen LogP contribution in [0.5, 0.6) is 0 Å². The number of piperidine rings is 1. The van der Waals surface area contributed by atoms with Gasteiger partial charge in [-0.15, -0.1) is 0 Å². The highest BCUT2D eigenvalue weighted by Gasteiger charge is 2.27. The van der Waals surface area contributed by atoms with Crippen molar-refractivity contribution >= 4 is 35.2 Å². The third kappa shape index (κ3) is 5.77. The van der Waals surface area contributed by atoms with Crippen LogP contribution in [0.15, 0.2) is 24.3 Å². The van der Waals surface area contributed by atoms with Crippen molar-refractivity contribution in [1.82, 2.24) is 4.90 Å². The Morgan fingerprint density at radius 2 is 1.84 bits per heavy atom. The molecule has 0 atom stereocenters. The van der Waals surface area contributed by atoms with Crippen LogP contribution in [0.2, 0.25) is 0 Å². The summed E-state index contributed by atoms with van der Waals surface area (Å²) in [6.07, 6.45) is 2.02. The highest BCUT2D eigenvalue weighted by Crippen LogP contribution is 2.20. The van der Waals surface area contributed by atoms with Gasteiger partial charge in [0, 0.05) is 24.3 Å². The molecule has 1 aromatic carbocycles. The molecule has 2 N–H and O–H groups in total. The van der Waals surface area contributed by atoms with E-state index in [1.165, 1.54) is 0 Å². The number of hydrogen-bond donors (Lipinski definition) is 2. The number of benzene rings is 1. The molecule has 0 aromatic heterocycles. The van der Waals surface area contributed by atoms with Crippen molar-refractivity contribution in [2.45, 2.75) is 26.2 Å². The molecule has 0 unspecified atom stereocenters. The molecule has 0 radical (unpaired) electrons.